The number of benzene rings is 1. The van der Waals surface area contributed by atoms with Crippen LogP contribution in [0.3, 0.4) is 0 Å². The van der Waals surface area contributed by atoms with Gasteiger partial charge in [0.25, 0.3) is 6.01 Å². The van der Waals surface area contributed by atoms with Crippen molar-refractivity contribution in [1.29, 1.82) is 0 Å². The van der Waals surface area contributed by atoms with Gasteiger partial charge in [0.2, 0.25) is 0 Å². The summed E-state index contributed by atoms with van der Waals surface area (Å²) in [6.07, 6.45) is 2.25. The molecule has 0 radical (unpaired) electrons. The number of nitrogens with one attached hydrogen (secondary N) is 1. The molecule has 0 unspecified atom stereocenters. The summed E-state index contributed by atoms with van der Waals surface area (Å²) < 4.78 is 5.60. The Labute approximate surface area is 120 Å². The zero-order valence-electron chi connectivity index (χ0n) is 12.5. The first-order valence-corrected chi connectivity index (χ1v) is 7.17. The fourth-order valence-corrected chi connectivity index (χ4v) is 1.99. The number of anilines is 2. The molecule has 0 atom stereocenters. The Kier molecular flexibility index (Phi) is 4.84. The molecule has 2 aromatic rings. The molecule has 2 rings (SSSR count). The van der Waals surface area contributed by atoms with Crippen LogP contribution in [-0.2, 0) is 0 Å². The highest BCUT2D eigenvalue weighted by atomic mass is 16.4. The lowest BCUT2D eigenvalue weighted by molar-refractivity contribution is 0.269. The highest BCUT2D eigenvalue weighted by molar-refractivity contribution is 5.86. The minimum absolute atomic E-state index is 0.551. The van der Waals surface area contributed by atoms with Crippen molar-refractivity contribution < 1.29 is 4.42 Å². The molecule has 0 saturated heterocycles. The predicted octanol–water partition coefficient (Wildman–Crippen LogP) is 2.94. The fourth-order valence-electron chi connectivity index (χ4n) is 1.99. The van der Waals surface area contributed by atoms with Crippen LogP contribution < -0.4 is 11.1 Å². The average molecular weight is 276 g/mol. The third-order valence-electron chi connectivity index (χ3n) is 3.55. The molecule has 0 spiro atoms. The highest BCUT2D eigenvalue weighted by Crippen LogP contribution is 2.23. The summed E-state index contributed by atoms with van der Waals surface area (Å²) in [5.41, 5.74) is 7.96. The number of unbranched alkanes of at least 4 members (excludes halogenated alkanes) is 1. The highest BCUT2D eigenvalue weighted by Gasteiger charge is 2.07. The van der Waals surface area contributed by atoms with Gasteiger partial charge in [0.15, 0.2) is 5.58 Å². The third kappa shape index (κ3) is 3.63. The van der Waals surface area contributed by atoms with Crippen LogP contribution in [0, 0.1) is 0 Å². The number of fused-ring (bicyclic) bond motifs is 1. The lowest BCUT2D eigenvalue weighted by Crippen LogP contribution is -2.27. The van der Waals surface area contributed by atoms with Gasteiger partial charge in [-0.2, -0.15) is 4.98 Å². The fraction of sp³-hybridized carbons (Fsp3) is 0.533. The van der Waals surface area contributed by atoms with E-state index in [-0.39, 0.29) is 0 Å². The van der Waals surface area contributed by atoms with Gasteiger partial charge in [-0.05, 0) is 52.4 Å². The molecule has 0 aliphatic carbocycles. The van der Waals surface area contributed by atoms with Crippen molar-refractivity contribution in [2.24, 2.45) is 0 Å². The summed E-state index contributed by atoms with van der Waals surface area (Å²) in [5, 5.41) is 3.21. The lowest BCUT2D eigenvalue weighted by atomic mass is 10.2. The molecule has 1 heterocycles. The van der Waals surface area contributed by atoms with Crippen LogP contribution in [-0.4, -0.2) is 36.1 Å². The molecule has 0 fully saturated rings. The molecule has 1 aromatic carbocycles. The molecule has 110 valence electrons. The van der Waals surface area contributed by atoms with Crippen molar-refractivity contribution in [3.05, 3.63) is 18.2 Å². The molecule has 0 aliphatic rings. The maximum Gasteiger partial charge on any atom is 0.295 e. The number of para-hydroxylation sites is 1. The summed E-state index contributed by atoms with van der Waals surface area (Å²) in [5.74, 6) is 0. The Morgan fingerprint density at radius 1 is 1.35 bits per heavy atom. The Morgan fingerprint density at radius 3 is 2.85 bits per heavy atom. The number of nitrogens with zero attached hydrogens (tertiary/aromatic N) is 2. The number of oxazole rings is 1. The summed E-state index contributed by atoms with van der Waals surface area (Å²) in [6, 6.07) is 6.73. The van der Waals surface area contributed by atoms with E-state index >= 15 is 0 Å². The molecule has 0 amide bonds. The van der Waals surface area contributed by atoms with E-state index in [1.54, 1.807) is 0 Å². The van der Waals surface area contributed by atoms with E-state index in [2.05, 4.69) is 36.1 Å². The topological polar surface area (TPSA) is 67.3 Å². The van der Waals surface area contributed by atoms with Gasteiger partial charge in [-0.25, -0.2) is 0 Å². The molecule has 0 aliphatic heterocycles. The number of hydrogen-bond donors (Lipinski definition) is 2. The van der Waals surface area contributed by atoms with Crippen molar-refractivity contribution >= 4 is 22.8 Å². The van der Waals surface area contributed by atoms with E-state index < -0.39 is 0 Å². The Morgan fingerprint density at radius 2 is 2.15 bits per heavy atom. The second kappa shape index (κ2) is 6.61. The van der Waals surface area contributed by atoms with Gasteiger partial charge in [0.1, 0.15) is 5.52 Å². The number of aromatic nitrogens is 1. The lowest BCUT2D eigenvalue weighted by Gasteiger charge is -2.20. The van der Waals surface area contributed by atoms with Crippen LogP contribution in [0.5, 0.6) is 0 Å². The van der Waals surface area contributed by atoms with Crippen LogP contribution in [0.1, 0.15) is 26.7 Å². The first kappa shape index (κ1) is 14.7. The first-order valence-electron chi connectivity index (χ1n) is 7.17. The Balaban J connectivity index is 1.77. The van der Waals surface area contributed by atoms with Crippen molar-refractivity contribution in [2.45, 2.75) is 32.7 Å². The van der Waals surface area contributed by atoms with Crippen molar-refractivity contribution in [2.75, 3.05) is 31.2 Å². The zero-order valence-corrected chi connectivity index (χ0v) is 12.5. The number of nitrogen functional groups attached to an aromatic ring is 1. The van der Waals surface area contributed by atoms with E-state index in [4.69, 9.17) is 10.2 Å². The molecule has 0 bridgehead atoms. The molecule has 0 saturated carbocycles. The number of nitrogens with two attached hydrogens (primary N) is 1. The molecular formula is C15H24N4O. The minimum atomic E-state index is 0.551. The van der Waals surface area contributed by atoms with Gasteiger partial charge in [0.05, 0.1) is 5.69 Å². The first-order chi connectivity index (χ1) is 9.58. The van der Waals surface area contributed by atoms with Gasteiger partial charge in [-0.3, -0.25) is 0 Å². The number of hydrogen-bond acceptors (Lipinski definition) is 5. The van der Waals surface area contributed by atoms with E-state index in [1.807, 2.05) is 18.2 Å². The number of rotatable bonds is 7. The smallest absolute Gasteiger partial charge is 0.295 e. The largest absolute Gasteiger partial charge is 0.423 e. The van der Waals surface area contributed by atoms with E-state index in [9.17, 15) is 0 Å². The second-order valence-electron chi connectivity index (χ2n) is 5.42. The summed E-state index contributed by atoms with van der Waals surface area (Å²) >= 11 is 0. The third-order valence-corrected chi connectivity index (χ3v) is 3.55. The van der Waals surface area contributed by atoms with Gasteiger partial charge in [-0.15, -0.1) is 0 Å². The van der Waals surface area contributed by atoms with Crippen LogP contribution >= 0.6 is 0 Å². The molecule has 5 nitrogen and oxygen atoms in total. The molecule has 5 heteroatoms. The Bertz CT molecular complexity index is 550. The van der Waals surface area contributed by atoms with Gasteiger partial charge in [0, 0.05) is 12.6 Å². The van der Waals surface area contributed by atoms with Crippen LogP contribution in [0.2, 0.25) is 0 Å². The normalized spacial score (nSPS) is 11.7. The molecule has 3 N–H and O–H groups in total. The van der Waals surface area contributed by atoms with Gasteiger partial charge < -0.3 is 20.4 Å². The van der Waals surface area contributed by atoms with E-state index in [0.29, 0.717) is 17.7 Å². The van der Waals surface area contributed by atoms with Crippen molar-refractivity contribution in [3.8, 4) is 0 Å². The maximum absolute atomic E-state index is 5.85. The average Bonchev–Trinajstić information content (AvgIpc) is 2.82. The molecule has 1 aromatic heterocycles. The molecule has 20 heavy (non-hydrogen) atoms. The Hall–Kier alpha value is -1.75. The van der Waals surface area contributed by atoms with E-state index in [0.717, 1.165) is 37.0 Å². The monoisotopic (exact) mass is 276 g/mol. The van der Waals surface area contributed by atoms with Gasteiger partial charge in [-0.1, -0.05) is 6.07 Å². The van der Waals surface area contributed by atoms with Crippen molar-refractivity contribution in [1.82, 2.24) is 9.88 Å². The van der Waals surface area contributed by atoms with Gasteiger partial charge >= 0.3 is 0 Å². The zero-order chi connectivity index (χ0) is 14.5. The van der Waals surface area contributed by atoms with Crippen molar-refractivity contribution in [3.63, 3.8) is 0 Å². The van der Waals surface area contributed by atoms with E-state index in [1.165, 1.54) is 0 Å². The second-order valence-corrected chi connectivity index (χ2v) is 5.42. The van der Waals surface area contributed by atoms with Crippen LogP contribution in [0.25, 0.3) is 11.1 Å². The van der Waals surface area contributed by atoms with Crippen LogP contribution in [0.15, 0.2) is 22.6 Å². The summed E-state index contributed by atoms with van der Waals surface area (Å²) in [7, 11) is 2.15. The minimum Gasteiger partial charge on any atom is -0.423 e. The summed E-state index contributed by atoms with van der Waals surface area (Å²) in [6.45, 7) is 6.39. The summed E-state index contributed by atoms with van der Waals surface area (Å²) in [4.78, 5) is 6.71. The maximum atomic E-state index is 5.85. The molecular weight excluding hydrogens is 252 g/mol. The predicted molar refractivity (Wildman–Crippen MR) is 83.9 cm³/mol. The standard InChI is InChI=1S/C15H24N4O/c1-11(2)19(3)10-5-4-9-17-15-18-14-12(16)7-6-8-13(14)20-15/h6-8,11H,4-5,9-10,16H2,1-3H3,(H,17,18). The quantitative estimate of drug-likeness (QED) is 0.601. The van der Waals surface area contributed by atoms with Crippen LogP contribution in [0.4, 0.5) is 11.7 Å². The SMILES string of the molecule is CC(C)N(C)CCCCNc1nc2c(N)cccc2o1.